The number of imidazole rings is 1. The molecule has 3 aromatic heterocycles. The van der Waals surface area contributed by atoms with E-state index < -0.39 is 0 Å². The SMILES string of the molecule is Cc1cnc2c(c1)CN(c1nn3cc(C(=O)NC4CC4)nc3cc1C)CC2. The predicted molar refractivity (Wildman–Crippen MR) is 102 cm³/mol. The Morgan fingerprint density at radius 1 is 1.26 bits per heavy atom. The van der Waals surface area contributed by atoms with Crippen LogP contribution >= 0.6 is 0 Å². The molecule has 0 unspecified atom stereocenters. The number of amides is 1. The Hall–Kier alpha value is -2.96. The zero-order valence-electron chi connectivity index (χ0n) is 15.6. The highest BCUT2D eigenvalue weighted by Gasteiger charge is 2.25. The molecule has 1 amide bonds. The van der Waals surface area contributed by atoms with Gasteiger partial charge in [-0.05, 0) is 49.4 Å². The minimum absolute atomic E-state index is 0.115. The summed E-state index contributed by atoms with van der Waals surface area (Å²) in [6.45, 7) is 5.80. The lowest BCUT2D eigenvalue weighted by atomic mass is 10.0. The van der Waals surface area contributed by atoms with Crippen molar-refractivity contribution in [3.63, 3.8) is 0 Å². The van der Waals surface area contributed by atoms with Crippen molar-refractivity contribution in [1.29, 1.82) is 0 Å². The van der Waals surface area contributed by atoms with Gasteiger partial charge in [-0.2, -0.15) is 0 Å². The Morgan fingerprint density at radius 2 is 2.11 bits per heavy atom. The van der Waals surface area contributed by atoms with Crippen LogP contribution < -0.4 is 10.2 Å². The van der Waals surface area contributed by atoms with E-state index in [2.05, 4.69) is 33.2 Å². The molecule has 1 N–H and O–H groups in total. The van der Waals surface area contributed by atoms with E-state index in [0.29, 0.717) is 17.4 Å². The molecular formula is C20H22N6O. The summed E-state index contributed by atoms with van der Waals surface area (Å²) in [7, 11) is 0. The van der Waals surface area contributed by atoms with Crippen molar-refractivity contribution >= 4 is 17.4 Å². The van der Waals surface area contributed by atoms with Gasteiger partial charge in [0.25, 0.3) is 5.91 Å². The smallest absolute Gasteiger partial charge is 0.271 e. The number of aryl methyl sites for hydroxylation is 2. The van der Waals surface area contributed by atoms with Crippen molar-refractivity contribution in [1.82, 2.24) is 24.9 Å². The monoisotopic (exact) mass is 362 g/mol. The van der Waals surface area contributed by atoms with Gasteiger partial charge in [-0.1, -0.05) is 6.07 Å². The fraction of sp³-hybridized carbons (Fsp3) is 0.400. The second kappa shape index (κ2) is 6.04. The molecule has 27 heavy (non-hydrogen) atoms. The molecule has 3 aromatic rings. The summed E-state index contributed by atoms with van der Waals surface area (Å²) in [4.78, 5) is 23.6. The van der Waals surface area contributed by atoms with Crippen LogP contribution in [0, 0.1) is 13.8 Å². The third-order valence-corrected chi connectivity index (χ3v) is 5.24. The number of aromatic nitrogens is 4. The lowest BCUT2D eigenvalue weighted by Gasteiger charge is -2.30. The highest BCUT2D eigenvalue weighted by Crippen LogP contribution is 2.26. The van der Waals surface area contributed by atoms with Crippen molar-refractivity contribution in [2.75, 3.05) is 11.4 Å². The molecule has 1 saturated carbocycles. The maximum atomic E-state index is 12.3. The van der Waals surface area contributed by atoms with Crippen LogP contribution in [-0.4, -0.2) is 38.1 Å². The van der Waals surface area contributed by atoms with Crippen LogP contribution in [0.25, 0.3) is 5.65 Å². The largest absolute Gasteiger partial charge is 0.350 e. The van der Waals surface area contributed by atoms with Crippen molar-refractivity contribution in [2.24, 2.45) is 0 Å². The molecule has 0 aromatic carbocycles. The zero-order valence-corrected chi connectivity index (χ0v) is 15.6. The lowest BCUT2D eigenvalue weighted by molar-refractivity contribution is 0.0946. The fourth-order valence-corrected chi connectivity index (χ4v) is 3.64. The first-order valence-corrected chi connectivity index (χ1v) is 9.44. The van der Waals surface area contributed by atoms with Crippen molar-refractivity contribution < 1.29 is 4.79 Å². The molecule has 1 fully saturated rings. The van der Waals surface area contributed by atoms with Crippen LogP contribution in [0.2, 0.25) is 0 Å². The number of hydrogen-bond acceptors (Lipinski definition) is 5. The fourth-order valence-electron chi connectivity index (χ4n) is 3.64. The summed E-state index contributed by atoms with van der Waals surface area (Å²) in [5.74, 6) is 0.817. The minimum Gasteiger partial charge on any atom is -0.350 e. The minimum atomic E-state index is -0.115. The second-order valence-electron chi connectivity index (χ2n) is 7.62. The van der Waals surface area contributed by atoms with E-state index in [0.717, 1.165) is 43.7 Å². The van der Waals surface area contributed by atoms with Crippen LogP contribution in [0.4, 0.5) is 5.82 Å². The van der Waals surface area contributed by atoms with E-state index in [4.69, 9.17) is 5.10 Å². The van der Waals surface area contributed by atoms with Gasteiger partial charge in [0.1, 0.15) is 5.69 Å². The van der Waals surface area contributed by atoms with Gasteiger partial charge in [-0.15, -0.1) is 5.10 Å². The second-order valence-corrected chi connectivity index (χ2v) is 7.62. The Bertz CT molecular complexity index is 1050. The first-order chi connectivity index (χ1) is 13.1. The highest BCUT2D eigenvalue weighted by molar-refractivity contribution is 5.93. The van der Waals surface area contributed by atoms with Crippen LogP contribution in [0.1, 0.15) is 45.7 Å². The molecular weight excluding hydrogens is 340 g/mol. The van der Waals surface area contributed by atoms with E-state index in [9.17, 15) is 4.79 Å². The third-order valence-electron chi connectivity index (χ3n) is 5.24. The van der Waals surface area contributed by atoms with Gasteiger partial charge < -0.3 is 10.2 Å². The standard InChI is InChI=1S/C20H22N6O/c1-12-7-14-10-25(6-5-16(14)21-9-12)19-13(2)8-18-23-17(11-26(18)24-19)20(27)22-15-3-4-15/h7-9,11,15H,3-6,10H2,1-2H3,(H,22,27). The summed E-state index contributed by atoms with van der Waals surface area (Å²) in [6, 6.07) is 4.53. The Balaban J connectivity index is 1.46. The van der Waals surface area contributed by atoms with Gasteiger partial charge in [0.05, 0.1) is 6.20 Å². The van der Waals surface area contributed by atoms with Crippen LogP contribution in [0.3, 0.4) is 0 Å². The number of carbonyl (C=O) groups excluding carboxylic acids is 1. The summed E-state index contributed by atoms with van der Waals surface area (Å²) in [5.41, 5.74) is 5.81. The molecule has 5 rings (SSSR count). The molecule has 4 heterocycles. The molecule has 7 heteroatoms. The lowest BCUT2D eigenvalue weighted by Crippen LogP contribution is -2.32. The molecule has 0 spiro atoms. The van der Waals surface area contributed by atoms with E-state index in [1.165, 1.54) is 16.8 Å². The molecule has 1 aliphatic heterocycles. The summed E-state index contributed by atoms with van der Waals surface area (Å²) in [6.07, 6.45) is 6.69. The maximum Gasteiger partial charge on any atom is 0.271 e. The number of pyridine rings is 1. The average molecular weight is 362 g/mol. The Morgan fingerprint density at radius 3 is 2.93 bits per heavy atom. The molecule has 138 valence electrons. The van der Waals surface area contributed by atoms with Gasteiger partial charge in [-0.3, -0.25) is 9.78 Å². The van der Waals surface area contributed by atoms with Gasteiger partial charge in [0.15, 0.2) is 11.5 Å². The predicted octanol–water partition coefficient (Wildman–Crippen LogP) is 2.20. The van der Waals surface area contributed by atoms with Crippen LogP contribution in [-0.2, 0) is 13.0 Å². The van der Waals surface area contributed by atoms with E-state index in [1.54, 1.807) is 10.7 Å². The number of nitrogens with one attached hydrogen (secondary N) is 1. The molecule has 2 aliphatic rings. The molecule has 0 bridgehead atoms. The van der Waals surface area contributed by atoms with Crippen molar-refractivity contribution in [3.8, 4) is 0 Å². The summed E-state index contributed by atoms with van der Waals surface area (Å²) < 4.78 is 1.72. The number of anilines is 1. The van der Waals surface area contributed by atoms with Crippen molar-refractivity contribution in [3.05, 3.63) is 52.6 Å². The number of carbonyl (C=O) groups is 1. The molecule has 1 aliphatic carbocycles. The number of hydrogen-bond donors (Lipinski definition) is 1. The Labute approximate surface area is 157 Å². The average Bonchev–Trinajstić information content (AvgIpc) is 3.36. The Kier molecular flexibility index (Phi) is 3.63. The topological polar surface area (TPSA) is 75.4 Å². The van der Waals surface area contributed by atoms with E-state index in [1.807, 2.05) is 19.2 Å². The van der Waals surface area contributed by atoms with E-state index >= 15 is 0 Å². The first kappa shape index (κ1) is 16.2. The van der Waals surface area contributed by atoms with Gasteiger partial charge in [0, 0.05) is 37.4 Å². The summed E-state index contributed by atoms with van der Waals surface area (Å²) >= 11 is 0. The normalized spacial score (nSPS) is 16.4. The van der Waals surface area contributed by atoms with Gasteiger partial charge >= 0.3 is 0 Å². The molecule has 0 radical (unpaired) electrons. The third kappa shape index (κ3) is 3.03. The van der Waals surface area contributed by atoms with Crippen LogP contribution in [0.5, 0.6) is 0 Å². The first-order valence-electron chi connectivity index (χ1n) is 9.44. The zero-order chi connectivity index (χ0) is 18.5. The number of fused-ring (bicyclic) bond motifs is 2. The number of nitrogens with zero attached hydrogens (tertiary/aromatic N) is 5. The molecule has 0 atom stereocenters. The van der Waals surface area contributed by atoms with Crippen LogP contribution in [0.15, 0.2) is 24.5 Å². The maximum absolute atomic E-state index is 12.3. The van der Waals surface area contributed by atoms with Gasteiger partial charge in [-0.25, -0.2) is 9.50 Å². The van der Waals surface area contributed by atoms with Crippen molar-refractivity contribution in [2.45, 2.75) is 45.7 Å². The molecule has 7 nitrogen and oxygen atoms in total. The summed E-state index contributed by atoms with van der Waals surface area (Å²) in [5, 5.41) is 7.75. The quantitative estimate of drug-likeness (QED) is 0.773. The molecule has 0 saturated heterocycles. The highest BCUT2D eigenvalue weighted by atomic mass is 16.2. The number of rotatable bonds is 3. The van der Waals surface area contributed by atoms with E-state index in [-0.39, 0.29) is 5.91 Å². The van der Waals surface area contributed by atoms with Gasteiger partial charge in [0.2, 0.25) is 0 Å².